The van der Waals surface area contributed by atoms with Crippen LogP contribution >= 0.6 is 0 Å². The van der Waals surface area contributed by atoms with E-state index in [0.29, 0.717) is 0 Å². The number of nitrogen functional groups attached to an aromatic ring is 1. The summed E-state index contributed by atoms with van der Waals surface area (Å²) in [5.74, 6) is -1.72. The SMILES string of the molecule is Nc1cc(C(=O)O)cc(C(=O)CO)c1. The second-order valence-corrected chi connectivity index (χ2v) is 2.73. The van der Waals surface area contributed by atoms with E-state index in [2.05, 4.69) is 0 Å². The van der Waals surface area contributed by atoms with E-state index >= 15 is 0 Å². The zero-order chi connectivity index (χ0) is 10.7. The van der Waals surface area contributed by atoms with Gasteiger partial charge in [-0.15, -0.1) is 0 Å². The van der Waals surface area contributed by atoms with Gasteiger partial charge in [-0.05, 0) is 18.2 Å². The van der Waals surface area contributed by atoms with Crippen LogP contribution in [0.1, 0.15) is 20.7 Å². The third-order valence-electron chi connectivity index (χ3n) is 1.67. The van der Waals surface area contributed by atoms with E-state index < -0.39 is 18.4 Å². The van der Waals surface area contributed by atoms with Crippen molar-refractivity contribution in [1.29, 1.82) is 0 Å². The van der Waals surface area contributed by atoms with Gasteiger partial charge in [0.25, 0.3) is 0 Å². The fourth-order valence-electron chi connectivity index (χ4n) is 1.03. The molecule has 0 aliphatic heterocycles. The molecule has 4 N–H and O–H groups in total. The second-order valence-electron chi connectivity index (χ2n) is 2.73. The fraction of sp³-hybridized carbons (Fsp3) is 0.111. The average molecular weight is 195 g/mol. The van der Waals surface area contributed by atoms with Crippen LogP contribution < -0.4 is 5.73 Å². The molecule has 0 unspecified atom stereocenters. The predicted molar refractivity (Wildman–Crippen MR) is 49.2 cm³/mol. The van der Waals surface area contributed by atoms with Crippen molar-refractivity contribution in [3.8, 4) is 0 Å². The molecule has 0 amide bonds. The number of hydrogen-bond donors (Lipinski definition) is 3. The smallest absolute Gasteiger partial charge is 0.335 e. The van der Waals surface area contributed by atoms with Gasteiger partial charge in [0.2, 0.25) is 0 Å². The van der Waals surface area contributed by atoms with Gasteiger partial charge in [0.05, 0.1) is 5.56 Å². The lowest BCUT2D eigenvalue weighted by molar-refractivity contribution is 0.0697. The van der Waals surface area contributed by atoms with E-state index in [0.717, 1.165) is 0 Å². The number of rotatable bonds is 3. The number of carboxylic acid groups (broad SMARTS) is 1. The van der Waals surface area contributed by atoms with E-state index in [1.807, 2.05) is 0 Å². The molecule has 0 fully saturated rings. The van der Waals surface area contributed by atoms with Gasteiger partial charge in [0.15, 0.2) is 5.78 Å². The topological polar surface area (TPSA) is 101 Å². The molecule has 5 heteroatoms. The maximum absolute atomic E-state index is 11.0. The molecule has 0 saturated heterocycles. The van der Waals surface area contributed by atoms with Crippen molar-refractivity contribution < 1.29 is 19.8 Å². The molecule has 0 radical (unpaired) electrons. The molecule has 0 heterocycles. The molecule has 0 aromatic heterocycles. The molecule has 0 spiro atoms. The minimum absolute atomic E-state index is 0.0678. The summed E-state index contributed by atoms with van der Waals surface area (Å²) in [7, 11) is 0. The summed E-state index contributed by atoms with van der Waals surface area (Å²) < 4.78 is 0. The molecule has 14 heavy (non-hydrogen) atoms. The van der Waals surface area contributed by atoms with Gasteiger partial charge in [-0.25, -0.2) is 4.79 Å². The number of carboxylic acids is 1. The number of carbonyl (C=O) groups is 2. The van der Waals surface area contributed by atoms with Crippen LogP contribution in [0.15, 0.2) is 18.2 Å². The van der Waals surface area contributed by atoms with Crippen molar-refractivity contribution in [3.05, 3.63) is 29.3 Å². The summed E-state index contributed by atoms with van der Waals surface area (Å²) in [6.07, 6.45) is 0. The minimum atomic E-state index is -1.16. The van der Waals surface area contributed by atoms with Crippen molar-refractivity contribution in [2.24, 2.45) is 0 Å². The van der Waals surface area contributed by atoms with Crippen LogP contribution in [0.2, 0.25) is 0 Å². The highest BCUT2D eigenvalue weighted by Crippen LogP contribution is 2.12. The van der Waals surface area contributed by atoms with Crippen LogP contribution in [0, 0.1) is 0 Å². The zero-order valence-corrected chi connectivity index (χ0v) is 7.23. The first-order chi connectivity index (χ1) is 6.54. The van der Waals surface area contributed by atoms with Crippen molar-refractivity contribution >= 4 is 17.4 Å². The number of nitrogens with two attached hydrogens (primary N) is 1. The quantitative estimate of drug-likeness (QED) is 0.470. The molecule has 1 aromatic carbocycles. The molecule has 0 aliphatic rings. The standard InChI is InChI=1S/C9H9NO4/c10-7-2-5(8(12)4-11)1-6(3-7)9(13)14/h1-3,11H,4,10H2,(H,13,14). The van der Waals surface area contributed by atoms with Crippen LogP contribution in [0.25, 0.3) is 0 Å². The molecule has 5 nitrogen and oxygen atoms in total. The number of ketones is 1. The summed E-state index contributed by atoms with van der Waals surface area (Å²) in [6.45, 7) is -0.664. The summed E-state index contributed by atoms with van der Waals surface area (Å²) in [5.41, 5.74) is 5.61. The normalized spacial score (nSPS) is 9.79. The Morgan fingerprint density at radius 1 is 1.21 bits per heavy atom. The average Bonchev–Trinajstić information content (AvgIpc) is 2.15. The first-order valence-corrected chi connectivity index (χ1v) is 3.82. The summed E-state index contributed by atoms with van der Waals surface area (Å²) >= 11 is 0. The van der Waals surface area contributed by atoms with E-state index in [-0.39, 0.29) is 16.8 Å². The van der Waals surface area contributed by atoms with E-state index in [4.69, 9.17) is 15.9 Å². The highest BCUT2D eigenvalue weighted by molar-refractivity contribution is 6.00. The molecule has 1 aromatic rings. The van der Waals surface area contributed by atoms with Crippen molar-refractivity contribution in [2.45, 2.75) is 0 Å². The molecular weight excluding hydrogens is 186 g/mol. The summed E-state index contributed by atoms with van der Waals surface area (Å²) in [5, 5.41) is 17.2. The Morgan fingerprint density at radius 2 is 1.79 bits per heavy atom. The van der Waals surface area contributed by atoms with Gasteiger partial charge < -0.3 is 15.9 Å². The molecule has 1 rings (SSSR count). The van der Waals surface area contributed by atoms with Crippen molar-refractivity contribution in [3.63, 3.8) is 0 Å². The monoisotopic (exact) mass is 195 g/mol. The Bertz CT molecular complexity index is 386. The lowest BCUT2D eigenvalue weighted by Gasteiger charge is -2.02. The summed E-state index contributed by atoms with van der Waals surface area (Å²) in [4.78, 5) is 21.6. The Morgan fingerprint density at radius 3 is 2.29 bits per heavy atom. The highest BCUT2D eigenvalue weighted by atomic mass is 16.4. The number of aliphatic hydroxyl groups excluding tert-OH is 1. The summed E-state index contributed by atoms with van der Waals surface area (Å²) in [6, 6.07) is 3.75. The number of hydrogen-bond acceptors (Lipinski definition) is 4. The second kappa shape index (κ2) is 3.89. The van der Waals surface area contributed by atoms with Crippen LogP contribution in [0.3, 0.4) is 0 Å². The Kier molecular flexibility index (Phi) is 2.83. The van der Waals surface area contributed by atoms with Gasteiger partial charge in [-0.3, -0.25) is 4.79 Å². The maximum Gasteiger partial charge on any atom is 0.335 e. The largest absolute Gasteiger partial charge is 0.478 e. The molecular formula is C9H9NO4. The molecule has 0 saturated carbocycles. The van der Waals surface area contributed by atoms with Gasteiger partial charge >= 0.3 is 5.97 Å². The number of carbonyl (C=O) groups excluding carboxylic acids is 1. The fourth-order valence-corrected chi connectivity index (χ4v) is 1.03. The van der Waals surface area contributed by atoms with Gasteiger partial charge in [-0.2, -0.15) is 0 Å². The number of aromatic carboxylic acids is 1. The van der Waals surface area contributed by atoms with Gasteiger partial charge in [-0.1, -0.05) is 0 Å². The first-order valence-electron chi connectivity index (χ1n) is 3.82. The molecule has 0 aliphatic carbocycles. The van der Waals surface area contributed by atoms with Gasteiger partial charge in [0.1, 0.15) is 6.61 Å². The number of Topliss-reactive ketones (excluding diaryl/α,β-unsaturated/α-hetero) is 1. The van der Waals surface area contributed by atoms with Crippen molar-refractivity contribution in [2.75, 3.05) is 12.3 Å². The zero-order valence-electron chi connectivity index (χ0n) is 7.23. The number of anilines is 1. The van der Waals surface area contributed by atoms with Crippen LogP contribution in [0.4, 0.5) is 5.69 Å². The maximum atomic E-state index is 11.0. The Labute approximate surface area is 79.8 Å². The third-order valence-corrected chi connectivity index (χ3v) is 1.67. The molecule has 0 atom stereocenters. The minimum Gasteiger partial charge on any atom is -0.478 e. The van der Waals surface area contributed by atoms with E-state index in [9.17, 15) is 9.59 Å². The third kappa shape index (κ3) is 2.08. The predicted octanol–water partition coefficient (Wildman–Crippen LogP) is 0.142. The first kappa shape index (κ1) is 10.2. The van der Waals surface area contributed by atoms with E-state index in [1.165, 1.54) is 18.2 Å². The van der Waals surface area contributed by atoms with Gasteiger partial charge in [0, 0.05) is 11.3 Å². The van der Waals surface area contributed by atoms with E-state index in [1.54, 1.807) is 0 Å². The van der Waals surface area contributed by atoms with Crippen LogP contribution in [-0.2, 0) is 0 Å². The molecule has 74 valence electrons. The lowest BCUT2D eigenvalue weighted by atomic mass is 10.1. The van der Waals surface area contributed by atoms with Crippen LogP contribution in [0.5, 0.6) is 0 Å². The highest BCUT2D eigenvalue weighted by Gasteiger charge is 2.10. The Balaban J connectivity index is 3.20. The molecule has 0 bridgehead atoms. The lowest BCUT2D eigenvalue weighted by Crippen LogP contribution is -2.07. The number of benzene rings is 1. The van der Waals surface area contributed by atoms with Crippen molar-refractivity contribution in [1.82, 2.24) is 0 Å². The number of aliphatic hydroxyl groups is 1. The van der Waals surface area contributed by atoms with Crippen LogP contribution in [-0.4, -0.2) is 28.6 Å². The Hall–Kier alpha value is -1.88.